The molecule has 0 saturated heterocycles. The van der Waals surface area contributed by atoms with Crippen molar-refractivity contribution in [3.8, 4) is 0 Å². The average Bonchev–Trinajstić information content (AvgIpc) is 2.74. The Kier molecular flexibility index (Phi) is 6.06. The van der Waals surface area contributed by atoms with E-state index in [1.54, 1.807) is 48.5 Å². The molecule has 5 nitrogen and oxygen atoms in total. The predicted molar refractivity (Wildman–Crippen MR) is 124 cm³/mol. The number of hydrogen-bond donors (Lipinski definition) is 4. The van der Waals surface area contributed by atoms with Crippen molar-refractivity contribution in [2.45, 2.75) is 12.2 Å². The molecule has 4 N–H and O–H groups in total. The molecule has 2 atom stereocenters. The molecule has 0 spiro atoms. The molecule has 0 aliphatic heterocycles. The zero-order valence-corrected chi connectivity index (χ0v) is 18.8. The summed E-state index contributed by atoms with van der Waals surface area (Å²) < 4.78 is 1.50. The Bertz CT molecular complexity index is 1150. The van der Waals surface area contributed by atoms with E-state index < -0.39 is 12.2 Å². The Morgan fingerprint density at radius 3 is 2.40 bits per heavy atom. The number of carbonyl (C=O) groups excluding carboxylic acids is 1. The standard InChI is InChI=1S/C23H18Br2N2O3/c24-13-8-9-19(25)18(10-13)23(30)27-15-5-3-4-14(11-15)26-20-12-21(28)16-6-1-2-7-17(16)22(20)29/h1-12,21-22,26,28-29H,(H,27,30). The largest absolute Gasteiger partial charge is 0.384 e. The molecular formula is C23H18Br2N2O3. The van der Waals surface area contributed by atoms with E-state index in [2.05, 4.69) is 42.5 Å². The lowest BCUT2D eigenvalue weighted by molar-refractivity contribution is 0.102. The van der Waals surface area contributed by atoms with Gasteiger partial charge >= 0.3 is 0 Å². The van der Waals surface area contributed by atoms with Gasteiger partial charge in [0, 0.05) is 26.0 Å². The minimum atomic E-state index is -0.875. The maximum atomic E-state index is 12.7. The van der Waals surface area contributed by atoms with E-state index in [1.165, 1.54) is 0 Å². The van der Waals surface area contributed by atoms with Crippen LogP contribution in [0.2, 0.25) is 0 Å². The molecule has 0 saturated carbocycles. The molecule has 4 rings (SSSR count). The van der Waals surface area contributed by atoms with Gasteiger partial charge in [0.05, 0.1) is 11.7 Å². The van der Waals surface area contributed by atoms with Gasteiger partial charge in [-0.25, -0.2) is 0 Å². The first-order valence-corrected chi connectivity index (χ1v) is 10.8. The van der Waals surface area contributed by atoms with Crippen LogP contribution in [0.3, 0.4) is 0 Å². The lowest BCUT2D eigenvalue weighted by atomic mass is 9.90. The van der Waals surface area contributed by atoms with Gasteiger partial charge in [-0.15, -0.1) is 0 Å². The van der Waals surface area contributed by atoms with Crippen molar-refractivity contribution >= 4 is 49.1 Å². The number of aliphatic hydroxyl groups excluding tert-OH is 2. The lowest BCUT2D eigenvalue weighted by Gasteiger charge is -2.27. The summed E-state index contributed by atoms with van der Waals surface area (Å²) >= 11 is 6.77. The molecule has 0 radical (unpaired) electrons. The van der Waals surface area contributed by atoms with Crippen LogP contribution >= 0.6 is 31.9 Å². The summed E-state index contributed by atoms with van der Waals surface area (Å²) in [5.74, 6) is -0.249. The summed E-state index contributed by atoms with van der Waals surface area (Å²) in [5, 5.41) is 27.1. The van der Waals surface area contributed by atoms with Crippen molar-refractivity contribution in [1.29, 1.82) is 0 Å². The van der Waals surface area contributed by atoms with Crippen LogP contribution < -0.4 is 10.6 Å². The number of halogens is 2. The monoisotopic (exact) mass is 528 g/mol. The van der Waals surface area contributed by atoms with E-state index in [0.717, 1.165) is 4.47 Å². The van der Waals surface area contributed by atoms with Crippen molar-refractivity contribution in [3.63, 3.8) is 0 Å². The van der Waals surface area contributed by atoms with Crippen LogP contribution in [0.5, 0.6) is 0 Å². The highest BCUT2D eigenvalue weighted by molar-refractivity contribution is 9.11. The first-order chi connectivity index (χ1) is 14.4. The van der Waals surface area contributed by atoms with Crippen LogP contribution in [-0.4, -0.2) is 16.1 Å². The molecule has 0 bridgehead atoms. The molecule has 0 fully saturated rings. The Morgan fingerprint density at radius 1 is 0.867 bits per heavy atom. The van der Waals surface area contributed by atoms with Gasteiger partial charge in [0.1, 0.15) is 6.10 Å². The van der Waals surface area contributed by atoms with E-state index in [1.807, 2.05) is 24.3 Å². The second kappa shape index (κ2) is 8.73. The third-order valence-electron chi connectivity index (χ3n) is 4.82. The summed E-state index contributed by atoms with van der Waals surface area (Å²) in [4.78, 5) is 12.7. The number of aliphatic hydroxyl groups is 2. The van der Waals surface area contributed by atoms with Gasteiger partial charge in [-0.1, -0.05) is 46.3 Å². The molecule has 152 valence electrons. The van der Waals surface area contributed by atoms with Crippen LogP contribution in [-0.2, 0) is 0 Å². The fourth-order valence-corrected chi connectivity index (χ4v) is 4.16. The van der Waals surface area contributed by atoms with Gasteiger partial charge in [-0.3, -0.25) is 4.79 Å². The van der Waals surface area contributed by atoms with Gasteiger partial charge in [0.15, 0.2) is 0 Å². The molecule has 30 heavy (non-hydrogen) atoms. The summed E-state index contributed by atoms with van der Waals surface area (Å²) in [6.45, 7) is 0. The molecule has 0 aromatic heterocycles. The maximum Gasteiger partial charge on any atom is 0.256 e. The predicted octanol–water partition coefficient (Wildman–Crippen LogP) is 5.54. The number of amides is 1. The first kappa shape index (κ1) is 20.8. The highest BCUT2D eigenvalue weighted by Gasteiger charge is 2.25. The quantitative estimate of drug-likeness (QED) is 0.357. The van der Waals surface area contributed by atoms with E-state index in [4.69, 9.17) is 0 Å². The Balaban J connectivity index is 1.53. The molecule has 3 aromatic carbocycles. The van der Waals surface area contributed by atoms with Crippen molar-refractivity contribution in [2.24, 2.45) is 0 Å². The first-order valence-electron chi connectivity index (χ1n) is 9.22. The normalized spacial score (nSPS) is 17.7. The summed E-state index contributed by atoms with van der Waals surface area (Å²) in [7, 11) is 0. The van der Waals surface area contributed by atoms with Crippen molar-refractivity contribution in [3.05, 3.63) is 104 Å². The maximum absolute atomic E-state index is 12.7. The van der Waals surface area contributed by atoms with Gasteiger partial charge < -0.3 is 20.8 Å². The van der Waals surface area contributed by atoms with Crippen LogP contribution in [0.15, 0.2) is 87.4 Å². The van der Waals surface area contributed by atoms with Crippen LogP contribution in [0.4, 0.5) is 11.4 Å². The minimum absolute atomic E-state index is 0.249. The molecule has 7 heteroatoms. The highest BCUT2D eigenvalue weighted by Crippen LogP contribution is 2.36. The number of rotatable bonds is 4. The van der Waals surface area contributed by atoms with Crippen molar-refractivity contribution in [1.82, 2.24) is 0 Å². The number of fused-ring (bicyclic) bond motifs is 1. The second-order valence-electron chi connectivity index (χ2n) is 6.88. The van der Waals surface area contributed by atoms with Crippen molar-refractivity contribution in [2.75, 3.05) is 10.6 Å². The number of nitrogens with one attached hydrogen (secondary N) is 2. The fraction of sp³-hybridized carbons (Fsp3) is 0.0870. The van der Waals surface area contributed by atoms with E-state index in [0.29, 0.717) is 38.2 Å². The third-order valence-corrected chi connectivity index (χ3v) is 6.01. The lowest BCUT2D eigenvalue weighted by Crippen LogP contribution is -2.19. The molecule has 1 aliphatic rings. The van der Waals surface area contributed by atoms with E-state index in [9.17, 15) is 15.0 Å². The SMILES string of the molecule is O=C(Nc1cccc(NC2=CC(O)c3ccccc3C2O)c1)c1cc(Br)ccc1Br. The molecule has 0 heterocycles. The Hall–Kier alpha value is -2.45. The average molecular weight is 530 g/mol. The van der Waals surface area contributed by atoms with Crippen LogP contribution in [0.25, 0.3) is 0 Å². The summed E-state index contributed by atoms with van der Waals surface area (Å²) in [6, 6.07) is 19.8. The van der Waals surface area contributed by atoms with Crippen LogP contribution in [0, 0.1) is 0 Å². The van der Waals surface area contributed by atoms with Gasteiger partial charge in [-0.2, -0.15) is 0 Å². The van der Waals surface area contributed by atoms with E-state index in [-0.39, 0.29) is 5.91 Å². The van der Waals surface area contributed by atoms with Gasteiger partial charge in [0.25, 0.3) is 5.91 Å². The molecule has 3 aromatic rings. The minimum Gasteiger partial charge on any atom is -0.384 e. The zero-order chi connectivity index (χ0) is 21.3. The molecule has 2 unspecified atom stereocenters. The Morgan fingerprint density at radius 2 is 1.60 bits per heavy atom. The summed E-state index contributed by atoms with van der Waals surface area (Å²) in [6.07, 6.45) is -0.0824. The van der Waals surface area contributed by atoms with Crippen LogP contribution in [0.1, 0.15) is 33.7 Å². The molecule has 1 aliphatic carbocycles. The number of hydrogen-bond acceptors (Lipinski definition) is 4. The van der Waals surface area contributed by atoms with Gasteiger partial charge in [0.2, 0.25) is 0 Å². The second-order valence-corrected chi connectivity index (χ2v) is 8.65. The number of benzene rings is 3. The third kappa shape index (κ3) is 4.34. The number of anilines is 2. The molecular weight excluding hydrogens is 512 g/mol. The smallest absolute Gasteiger partial charge is 0.256 e. The summed E-state index contributed by atoms with van der Waals surface area (Å²) in [5.41, 5.74) is 3.63. The topological polar surface area (TPSA) is 81.6 Å². The Labute approximate surface area is 190 Å². The molecule has 1 amide bonds. The zero-order valence-electron chi connectivity index (χ0n) is 15.6. The fourth-order valence-electron chi connectivity index (χ4n) is 3.37. The highest BCUT2D eigenvalue weighted by atomic mass is 79.9. The van der Waals surface area contributed by atoms with E-state index >= 15 is 0 Å². The van der Waals surface area contributed by atoms with Crippen molar-refractivity contribution < 1.29 is 15.0 Å². The van der Waals surface area contributed by atoms with Gasteiger partial charge in [-0.05, 0) is 69.5 Å². The number of carbonyl (C=O) groups is 1.